The SMILES string of the molecule is CC(=O)N1CCOC(CN2CCC(Cn3cnc(C(C)(C)C)cc3=O)CC2)C1. The predicted molar refractivity (Wildman–Crippen MR) is 108 cm³/mol. The number of nitrogens with zero attached hydrogens (tertiary/aromatic N) is 4. The zero-order valence-electron chi connectivity index (χ0n) is 17.7. The van der Waals surface area contributed by atoms with Crippen LogP contribution in [0.3, 0.4) is 0 Å². The van der Waals surface area contributed by atoms with Gasteiger partial charge in [-0.15, -0.1) is 0 Å². The van der Waals surface area contributed by atoms with Crippen molar-refractivity contribution in [2.75, 3.05) is 39.3 Å². The van der Waals surface area contributed by atoms with Crippen LogP contribution in [0.15, 0.2) is 17.2 Å². The number of hydrogen-bond donors (Lipinski definition) is 0. The molecular weight excluding hydrogens is 356 g/mol. The van der Waals surface area contributed by atoms with E-state index >= 15 is 0 Å². The molecule has 2 fully saturated rings. The topological polar surface area (TPSA) is 67.7 Å². The number of aromatic nitrogens is 2. The largest absolute Gasteiger partial charge is 0.373 e. The highest BCUT2D eigenvalue weighted by Crippen LogP contribution is 2.21. The van der Waals surface area contributed by atoms with Gasteiger partial charge in [0.05, 0.1) is 24.7 Å². The second kappa shape index (κ2) is 8.74. The molecular formula is C21H34N4O3. The molecule has 3 rings (SSSR count). The fourth-order valence-electron chi connectivity index (χ4n) is 4.01. The van der Waals surface area contributed by atoms with Gasteiger partial charge in [-0.05, 0) is 31.8 Å². The van der Waals surface area contributed by atoms with Crippen LogP contribution in [0.5, 0.6) is 0 Å². The van der Waals surface area contributed by atoms with Crippen molar-refractivity contribution in [1.82, 2.24) is 19.4 Å². The number of morpholine rings is 1. The molecule has 1 unspecified atom stereocenters. The van der Waals surface area contributed by atoms with Gasteiger partial charge in [0.1, 0.15) is 0 Å². The molecule has 0 N–H and O–H groups in total. The summed E-state index contributed by atoms with van der Waals surface area (Å²) in [6.07, 6.45) is 3.94. The number of likely N-dealkylation sites (tertiary alicyclic amines) is 1. The molecule has 28 heavy (non-hydrogen) atoms. The highest BCUT2D eigenvalue weighted by molar-refractivity contribution is 5.73. The van der Waals surface area contributed by atoms with E-state index in [2.05, 4.69) is 30.7 Å². The number of carbonyl (C=O) groups is 1. The van der Waals surface area contributed by atoms with Gasteiger partial charge in [0.25, 0.3) is 5.56 Å². The van der Waals surface area contributed by atoms with Crippen molar-refractivity contribution in [3.8, 4) is 0 Å². The minimum atomic E-state index is -0.108. The Labute approximate surface area is 167 Å². The van der Waals surface area contributed by atoms with Gasteiger partial charge in [-0.2, -0.15) is 0 Å². The number of amides is 1. The quantitative estimate of drug-likeness (QED) is 0.779. The molecule has 1 atom stereocenters. The van der Waals surface area contributed by atoms with Crippen LogP contribution < -0.4 is 5.56 Å². The lowest BCUT2D eigenvalue weighted by molar-refractivity contribution is -0.137. The Morgan fingerprint density at radius 3 is 2.54 bits per heavy atom. The van der Waals surface area contributed by atoms with Crippen molar-refractivity contribution in [2.24, 2.45) is 5.92 Å². The molecule has 0 saturated carbocycles. The van der Waals surface area contributed by atoms with E-state index in [1.165, 1.54) is 0 Å². The number of ether oxygens (including phenoxy) is 1. The van der Waals surface area contributed by atoms with Crippen molar-refractivity contribution in [2.45, 2.75) is 58.6 Å². The van der Waals surface area contributed by atoms with Crippen LogP contribution >= 0.6 is 0 Å². The monoisotopic (exact) mass is 390 g/mol. The summed E-state index contributed by atoms with van der Waals surface area (Å²) in [5.74, 6) is 0.626. The summed E-state index contributed by atoms with van der Waals surface area (Å²) in [5.41, 5.74) is 0.779. The average Bonchev–Trinajstić information content (AvgIpc) is 2.64. The first-order valence-corrected chi connectivity index (χ1v) is 10.4. The summed E-state index contributed by atoms with van der Waals surface area (Å²) in [6, 6.07) is 1.68. The van der Waals surface area contributed by atoms with E-state index < -0.39 is 0 Å². The highest BCUT2D eigenvalue weighted by atomic mass is 16.5. The summed E-state index contributed by atoms with van der Waals surface area (Å²) in [7, 11) is 0. The summed E-state index contributed by atoms with van der Waals surface area (Å²) >= 11 is 0. The third-order valence-corrected chi connectivity index (χ3v) is 5.86. The summed E-state index contributed by atoms with van der Waals surface area (Å²) < 4.78 is 7.60. The fraction of sp³-hybridized carbons (Fsp3) is 0.762. The maximum Gasteiger partial charge on any atom is 0.253 e. The van der Waals surface area contributed by atoms with Crippen molar-refractivity contribution >= 4 is 5.91 Å². The lowest BCUT2D eigenvalue weighted by Crippen LogP contribution is -2.50. The molecule has 7 nitrogen and oxygen atoms in total. The molecule has 2 aliphatic rings. The van der Waals surface area contributed by atoms with E-state index in [1.54, 1.807) is 23.9 Å². The first-order valence-electron chi connectivity index (χ1n) is 10.4. The van der Waals surface area contributed by atoms with Gasteiger partial charge in [0.15, 0.2) is 0 Å². The van der Waals surface area contributed by atoms with E-state index in [9.17, 15) is 9.59 Å². The Morgan fingerprint density at radius 2 is 1.93 bits per heavy atom. The summed E-state index contributed by atoms with van der Waals surface area (Å²) in [6.45, 7) is 13.5. The number of rotatable bonds is 4. The molecule has 2 saturated heterocycles. The van der Waals surface area contributed by atoms with Gasteiger partial charge in [-0.3, -0.25) is 14.2 Å². The first-order chi connectivity index (χ1) is 13.2. The molecule has 7 heteroatoms. The fourth-order valence-corrected chi connectivity index (χ4v) is 4.01. The van der Waals surface area contributed by atoms with Crippen LogP contribution in [0.1, 0.15) is 46.2 Å². The smallest absolute Gasteiger partial charge is 0.253 e. The van der Waals surface area contributed by atoms with Crippen LogP contribution in [0.2, 0.25) is 0 Å². The Hall–Kier alpha value is -1.73. The molecule has 0 spiro atoms. The molecule has 1 aromatic rings. The first kappa shape index (κ1) is 21.0. The van der Waals surface area contributed by atoms with Gasteiger partial charge in [0.2, 0.25) is 5.91 Å². The van der Waals surface area contributed by atoms with Gasteiger partial charge >= 0.3 is 0 Å². The second-order valence-electron chi connectivity index (χ2n) is 9.22. The lowest BCUT2D eigenvalue weighted by atomic mass is 9.92. The number of piperidine rings is 1. The van der Waals surface area contributed by atoms with Gasteiger partial charge in [-0.25, -0.2) is 4.98 Å². The number of carbonyl (C=O) groups excluding carboxylic acids is 1. The Balaban J connectivity index is 1.48. The van der Waals surface area contributed by atoms with E-state index in [0.717, 1.165) is 44.7 Å². The molecule has 0 radical (unpaired) electrons. The zero-order chi connectivity index (χ0) is 20.3. The molecule has 0 aromatic carbocycles. The van der Waals surface area contributed by atoms with E-state index in [-0.39, 0.29) is 23.0 Å². The van der Waals surface area contributed by atoms with Crippen molar-refractivity contribution < 1.29 is 9.53 Å². The van der Waals surface area contributed by atoms with Crippen molar-refractivity contribution in [3.63, 3.8) is 0 Å². The second-order valence-corrected chi connectivity index (χ2v) is 9.22. The van der Waals surface area contributed by atoms with Gasteiger partial charge < -0.3 is 14.5 Å². The van der Waals surface area contributed by atoms with E-state index in [1.807, 2.05) is 4.90 Å². The zero-order valence-corrected chi connectivity index (χ0v) is 17.7. The van der Waals surface area contributed by atoms with Crippen LogP contribution in [0.4, 0.5) is 0 Å². The van der Waals surface area contributed by atoms with Crippen molar-refractivity contribution in [3.05, 3.63) is 28.4 Å². The lowest BCUT2D eigenvalue weighted by Gasteiger charge is -2.38. The third-order valence-electron chi connectivity index (χ3n) is 5.86. The van der Waals surface area contributed by atoms with Crippen molar-refractivity contribution in [1.29, 1.82) is 0 Å². The highest BCUT2D eigenvalue weighted by Gasteiger charge is 2.27. The minimum Gasteiger partial charge on any atom is -0.373 e. The molecule has 1 aromatic heterocycles. The Bertz CT molecular complexity index is 732. The Morgan fingerprint density at radius 1 is 1.21 bits per heavy atom. The average molecular weight is 391 g/mol. The normalized spacial score (nSPS) is 22.4. The van der Waals surface area contributed by atoms with E-state index in [0.29, 0.717) is 25.6 Å². The standard InChI is InChI=1S/C21H34N4O3/c1-16(26)24-9-10-28-18(14-24)13-23-7-5-17(6-8-23)12-25-15-22-19(11-20(25)27)21(2,3)4/h11,15,17-18H,5-10,12-14H2,1-4H3. The molecule has 0 bridgehead atoms. The summed E-state index contributed by atoms with van der Waals surface area (Å²) in [5, 5.41) is 0. The predicted octanol–water partition coefficient (Wildman–Crippen LogP) is 1.50. The van der Waals surface area contributed by atoms with Crippen LogP contribution in [-0.4, -0.2) is 70.7 Å². The third kappa shape index (κ3) is 5.41. The molecule has 3 heterocycles. The molecule has 2 aliphatic heterocycles. The molecule has 156 valence electrons. The van der Waals surface area contributed by atoms with Gasteiger partial charge in [0, 0.05) is 44.6 Å². The summed E-state index contributed by atoms with van der Waals surface area (Å²) in [4.78, 5) is 32.8. The van der Waals surface area contributed by atoms with E-state index in [4.69, 9.17) is 4.74 Å². The number of hydrogen-bond acceptors (Lipinski definition) is 5. The Kier molecular flexibility index (Phi) is 6.55. The maximum atomic E-state index is 12.4. The van der Waals surface area contributed by atoms with Crippen LogP contribution in [0.25, 0.3) is 0 Å². The molecule has 1 amide bonds. The minimum absolute atomic E-state index is 0.0438. The maximum absolute atomic E-state index is 12.4. The molecule has 0 aliphatic carbocycles. The van der Waals surface area contributed by atoms with Crippen LogP contribution in [-0.2, 0) is 21.5 Å². The van der Waals surface area contributed by atoms with Gasteiger partial charge in [-0.1, -0.05) is 20.8 Å². The van der Waals surface area contributed by atoms with Crippen LogP contribution in [0, 0.1) is 5.92 Å².